The number of hydrogen-bond donors (Lipinski definition) is 2. The molecule has 0 saturated carbocycles. The summed E-state index contributed by atoms with van der Waals surface area (Å²) in [6, 6.07) is 1.97. The van der Waals surface area contributed by atoms with Crippen molar-refractivity contribution in [2.75, 3.05) is 36.5 Å². The lowest BCUT2D eigenvalue weighted by atomic mass is 10.3. The zero-order valence-corrected chi connectivity index (χ0v) is 12.3. The topological polar surface area (TPSA) is 61.3 Å². The summed E-state index contributed by atoms with van der Waals surface area (Å²) in [5, 5.41) is 12.4. The highest BCUT2D eigenvalue weighted by Crippen LogP contribution is 2.16. The molecule has 0 fully saturated rings. The van der Waals surface area contributed by atoms with Crippen molar-refractivity contribution >= 4 is 11.6 Å². The van der Waals surface area contributed by atoms with Crippen LogP contribution in [0.15, 0.2) is 6.07 Å². The number of aliphatic hydroxyl groups is 1. The zero-order valence-electron chi connectivity index (χ0n) is 12.3. The summed E-state index contributed by atoms with van der Waals surface area (Å²) in [4.78, 5) is 11.2. The molecule has 0 atom stereocenters. The number of aryl methyl sites for hydroxylation is 1. The van der Waals surface area contributed by atoms with Crippen molar-refractivity contribution in [3.05, 3.63) is 11.9 Å². The molecule has 0 aliphatic carbocycles. The van der Waals surface area contributed by atoms with Crippen molar-refractivity contribution in [2.45, 2.75) is 40.0 Å². The van der Waals surface area contributed by atoms with Crippen molar-refractivity contribution in [2.24, 2.45) is 0 Å². The highest BCUT2D eigenvalue weighted by molar-refractivity contribution is 5.49. The van der Waals surface area contributed by atoms with Crippen LogP contribution in [0.5, 0.6) is 0 Å². The molecular weight excluding hydrogens is 240 g/mol. The van der Waals surface area contributed by atoms with Crippen LogP contribution < -0.4 is 10.2 Å². The predicted octanol–water partition coefficient (Wildman–Crippen LogP) is 2.07. The van der Waals surface area contributed by atoms with Crippen LogP contribution in [0.3, 0.4) is 0 Å². The molecule has 0 unspecified atom stereocenters. The quantitative estimate of drug-likeness (QED) is 0.716. The average Bonchev–Trinajstić information content (AvgIpc) is 2.42. The number of aliphatic hydroxyl groups excluding tert-OH is 1. The molecule has 5 heteroatoms. The Balaban J connectivity index is 2.96. The molecular formula is C14H26N4O. The molecule has 0 aromatic carbocycles. The lowest BCUT2D eigenvalue weighted by molar-refractivity contribution is 0.302. The van der Waals surface area contributed by atoms with Gasteiger partial charge in [0, 0.05) is 32.1 Å². The van der Waals surface area contributed by atoms with Crippen LogP contribution in [0.4, 0.5) is 11.6 Å². The Morgan fingerprint density at radius 1 is 1.21 bits per heavy atom. The van der Waals surface area contributed by atoms with Gasteiger partial charge in [0.15, 0.2) is 0 Å². The van der Waals surface area contributed by atoms with Gasteiger partial charge >= 0.3 is 0 Å². The molecule has 108 valence electrons. The summed E-state index contributed by atoms with van der Waals surface area (Å²) < 4.78 is 0. The van der Waals surface area contributed by atoms with Crippen molar-refractivity contribution in [1.29, 1.82) is 0 Å². The number of nitrogens with one attached hydrogen (secondary N) is 1. The Hall–Kier alpha value is -1.36. The standard InChI is InChI=1S/C14H26N4O/c1-4-7-12-16-13(15-8-5-2)11-14(17-12)18(6-3)9-10-19/h11,19H,4-10H2,1-3H3,(H,15,16,17). The first-order valence-electron chi connectivity index (χ1n) is 7.22. The third kappa shape index (κ3) is 5.03. The second-order valence-corrected chi connectivity index (χ2v) is 4.51. The maximum atomic E-state index is 9.11. The van der Waals surface area contributed by atoms with Crippen LogP contribution in [0.2, 0.25) is 0 Å². The molecule has 5 nitrogen and oxygen atoms in total. The van der Waals surface area contributed by atoms with E-state index in [-0.39, 0.29) is 6.61 Å². The Morgan fingerprint density at radius 2 is 2.00 bits per heavy atom. The largest absolute Gasteiger partial charge is 0.395 e. The molecule has 1 aromatic rings. The molecule has 1 aromatic heterocycles. The molecule has 0 aliphatic heterocycles. The summed E-state index contributed by atoms with van der Waals surface area (Å²) in [5.41, 5.74) is 0. The van der Waals surface area contributed by atoms with Gasteiger partial charge in [-0.25, -0.2) is 9.97 Å². The van der Waals surface area contributed by atoms with Crippen LogP contribution in [0, 0.1) is 0 Å². The minimum atomic E-state index is 0.138. The third-order valence-corrected chi connectivity index (χ3v) is 2.86. The second-order valence-electron chi connectivity index (χ2n) is 4.51. The van der Waals surface area contributed by atoms with Gasteiger partial charge in [-0.05, 0) is 19.8 Å². The lowest BCUT2D eigenvalue weighted by Crippen LogP contribution is -2.27. The van der Waals surface area contributed by atoms with E-state index in [0.29, 0.717) is 6.54 Å². The van der Waals surface area contributed by atoms with Crippen LogP contribution in [0.25, 0.3) is 0 Å². The number of rotatable bonds is 9. The van der Waals surface area contributed by atoms with E-state index in [1.165, 1.54) is 0 Å². The summed E-state index contributed by atoms with van der Waals surface area (Å²) in [6.45, 7) is 8.80. The number of hydrogen-bond acceptors (Lipinski definition) is 5. The number of aromatic nitrogens is 2. The van der Waals surface area contributed by atoms with Crippen molar-refractivity contribution in [3.63, 3.8) is 0 Å². The summed E-state index contributed by atoms with van der Waals surface area (Å²) in [7, 11) is 0. The van der Waals surface area contributed by atoms with E-state index in [4.69, 9.17) is 5.11 Å². The Kier molecular flexibility index (Phi) is 7.18. The molecule has 1 rings (SSSR count). The first-order valence-corrected chi connectivity index (χ1v) is 7.22. The molecule has 0 bridgehead atoms. The first kappa shape index (κ1) is 15.7. The monoisotopic (exact) mass is 266 g/mol. The Bertz CT molecular complexity index is 370. The normalized spacial score (nSPS) is 10.5. The van der Waals surface area contributed by atoms with Gasteiger partial charge in [-0.3, -0.25) is 0 Å². The predicted molar refractivity (Wildman–Crippen MR) is 79.8 cm³/mol. The van der Waals surface area contributed by atoms with E-state index >= 15 is 0 Å². The van der Waals surface area contributed by atoms with Gasteiger partial charge in [0.25, 0.3) is 0 Å². The van der Waals surface area contributed by atoms with Gasteiger partial charge < -0.3 is 15.3 Å². The molecule has 0 spiro atoms. The highest BCUT2D eigenvalue weighted by Gasteiger charge is 2.09. The summed E-state index contributed by atoms with van der Waals surface area (Å²) in [6.07, 6.45) is 2.98. The van der Waals surface area contributed by atoms with Crippen molar-refractivity contribution < 1.29 is 5.11 Å². The van der Waals surface area contributed by atoms with Crippen molar-refractivity contribution in [3.8, 4) is 0 Å². The van der Waals surface area contributed by atoms with E-state index in [1.54, 1.807) is 0 Å². The zero-order chi connectivity index (χ0) is 14.1. The van der Waals surface area contributed by atoms with Crippen molar-refractivity contribution in [1.82, 2.24) is 9.97 Å². The molecule has 0 radical (unpaired) electrons. The van der Waals surface area contributed by atoms with Gasteiger partial charge in [0.2, 0.25) is 0 Å². The van der Waals surface area contributed by atoms with Gasteiger partial charge in [0.1, 0.15) is 17.5 Å². The number of likely N-dealkylation sites (N-methyl/N-ethyl adjacent to an activating group) is 1. The molecule has 0 saturated heterocycles. The van der Waals surface area contributed by atoms with E-state index in [2.05, 4.69) is 41.0 Å². The average molecular weight is 266 g/mol. The Morgan fingerprint density at radius 3 is 2.58 bits per heavy atom. The smallest absolute Gasteiger partial charge is 0.134 e. The SMILES string of the molecule is CCCNc1cc(N(CC)CCO)nc(CCC)n1. The minimum Gasteiger partial charge on any atom is -0.395 e. The van der Waals surface area contributed by atoms with Gasteiger partial charge in [0.05, 0.1) is 6.61 Å². The molecule has 0 aliphatic rings. The van der Waals surface area contributed by atoms with E-state index in [0.717, 1.165) is 49.8 Å². The van der Waals surface area contributed by atoms with Gasteiger partial charge in [-0.1, -0.05) is 13.8 Å². The van der Waals surface area contributed by atoms with Crippen LogP contribution in [-0.4, -0.2) is 41.3 Å². The number of anilines is 2. The van der Waals surface area contributed by atoms with Gasteiger partial charge in [-0.2, -0.15) is 0 Å². The lowest BCUT2D eigenvalue weighted by Gasteiger charge is -2.22. The van der Waals surface area contributed by atoms with Crippen LogP contribution >= 0.6 is 0 Å². The van der Waals surface area contributed by atoms with E-state index in [9.17, 15) is 0 Å². The molecule has 0 amide bonds. The fourth-order valence-corrected chi connectivity index (χ4v) is 1.88. The second kappa shape index (κ2) is 8.69. The van der Waals surface area contributed by atoms with E-state index in [1.807, 2.05) is 6.07 Å². The molecule has 19 heavy (non-hydrogen) atoms. The summed E-state index contributed by atoms with van der Waals surface area (Å²) in [5.74, 6) is 2.65. The highest BCUT2D eigenvalue weighted by atomic mass is 16.3. The van der Waals surface area contributed by atoms with Gasteiger partial charge in [-0.15, -0.1) is 0 Å². The minimum absolute atomic E-state index is 0.138. The van der Waals surface area contributed by atoms with E-state index < -0.39 is 0 Å². The Labute approximate surface area is 116 Å². The molecule has 2 N–H and O–H groups in total. The maximum Gasteiger partial charge on any atom is 0.134 e. The first-order chi connectivity index (χ1) is 9.24. The third-order valence-electron chi connectivity index (χ3n) is 2.86. The number of nitrogens with zero attached hydrogens (tertiary/aromatic N) is 3. The maximum absolute atomic E-state index is 9.11. The summed E-state index contributed by atoms with van der Waals surface area (Å²) >= 11 is 0. The van der Waals surface area contributed by atoms with Crippen LogP contribution in [0.1, 0.15) is 39.4 Å². The van der Waals surface area contributed by atoms with Crippen LogP contribution in [-0.2, 0) is 6.42 Å². The fourth-order valence-electron chi connectivity index (χ4n) is 1.88. The molecule has 1 heterocycles. The fraction of sp³-hybridized carbons (Fsp3) is 0.714.